The highest BCUT2D eigenvalue weighted by molar-refractivity contribution is 5.92. The Bertz CT molecular complexity index is 377. The molecule has 6 nitrogen and oxygen atoms in total. The van der Waals surface area contributed by atoms with E-state index in [0.717, 1.165) is 25.9 Å². The van der Waals surface area contributed by atoms with E-state index >= 15 is 0 Å². The maximum atomic E-state index is 11.7. The fourth-order valence-electron chi connectivity index (χ4n) is 1.42. The van der Waals surface area contributed by atoms with Crippen molar-refractivity contribution >= 4 is 11.7 Å². The molecule has 1 heterocycles. The van der Waals surface area contributed by atoms with Crippen molar-refractivity contribution < 1.29 is 4.79 Å². The molecule has 0 unspecified atom stereocenters. The summed E-state index contributed by atoms with van der Waals surface area (Å²) in [7, 11) is 3.92. The number of amides is 1. The number of rotatable bonds is 8. The first-order valence-corrected chi connectivity index (χ1v) is 6.64. The Labute approximate surface area is 114 Å². The van der Waals surface area contributed by atoms with E-state index in [1.807, 2.05) is 19.0 Å². The molecule has 0 saturated heterocycles. The van der Waals surface area contributed by atoms with Crippen LogP contribution in [0.3, 0.4) is 0 Å². The van der Waals surface area contributed by atoms with Crippen LogP contribution in [0, 0.1) is 0 Å². The highest BCUT2D eigenvalue weighted by atomic mass is 16.1. The zero-order chi connectivity index (χ0) is 14.1. The molecule has 0 aromatic carbocycles. The van der Waals surface area contributed by atoms with Crippen LogP contribution in [-0.2, 0) is 0 Å². The van der Waals surface area contributed by atoms with Crippen molar-refractivity contribution in [1.82, 2.24) is 20.4 Å². The van der Waals surface area contributed by atoms with Crippen molar-refractivity contribution in [3.05, 3.63) is 17.8 Å². The lowest BCUT2D eigenvalue weighted by Gasteiger charge is -2.10. The first-order valence-electron chi connectivity index (χ1n) is 6.64. The minimum Gasteiger partial charge on any atom is -0.369 e. The molecule has 0 aliphatic carbocycles. The molecule has 0 radical (unpaired) electrons. The van der Waals surface area contributed by atoms with Gasteiger partial charge in [0.2, 0.25) is 0 Å². The third-order valence-corrected chi connectivity index (χ3v) is 2.58. The molecule has 1 aromatic heterocycles. The molecule has 0 aliphatic heterocycles. The normalized spacial score (nSPS) is 10.5. The molecule has 1 amide bonds. The summed E-state index contributed by atoms with van der Waals surface area (Å²) in [6.07, 6.45) is 2.22. The van der Waals surface area contributed by atoms with Gasteiger partial charge in [0.15, 0.2) is 5.69 Å². The van der Waals surface area contributed by atoms with Crippen molar-refractivity contribution in [2.24, 2.45) is 0 Å². The van der Waals surface area contributed by atoms with Gasteiger partial charge < -0.3 is 15.5 Å². The van der Waals surface area contributed by atoms with Gasteiger partial charge in [-0.05, 0) is 32.6 Å². The van der Waals surface area contributed by atoms with E-state index in [4.69, 9.17) is 0 Å². The van der Waals surface area contributed by atoms with Gasteiger partial charge in [-0.25, -0.2) is 0 Å². The Morgan fingerprint density at radius 3 is 2.63 bits per heavy atom. The van der Waals surface area contributed by atoms with Gasteiger partial charge in [0, 0.05) is 19.6 Å². The van der Waals surface area contributed by atoms with Gasteiger partial charge in [-0.3, -0.25) is 4.79 Å². The molecule has 0 fully saturated rings. The molecule has 106 valence electrons. The lowest BCUT2D eigenvalue weighted by atomic mass is 10.3. The van der Waals surface area contributed by atoms with Crippen molar-refractivity contribution in [1.29, 1.82) is 0 Å². The summed E-state index contributed by atoms with van der Waals surface area (Å²) in [6.45, 7) is 4.41. The molecule has 19 heavy (non-hydrogen) atoms. The van der Waals surface area contributed by atoms with Gasteiger partial charge in [0.05, 0.1) is 0 Å². The van der Waals surface area contributed by atoms with Crippen LogP contribution in [0.1, 0.15) is 30.3 Å². The Kier molecular flexibility index (Phi) is 6.81. The van der Waals surface area contributed by atoms with Gasteiger partial charge in [0.25, 0.3) is 5.91 Å². The zero-order valence-corrected chi connectivity index (χ0v) is 11.9. The zero-order valence-electron chi connectivity index (χ0n) is 11.9. The quantitative estimate of drug-likeness (QED) is 0.686. The summed E-state index contributed by atoms with van der Waals surface area (Å²) in [5.74, 6) is 0.521. The number of nitrogens with one attached hydrogen (secondary N) is 2. The van der Waals surface area contributed by atoms with Crippen LogP contribution in [0.25, 0.3) is 0 Å². The van der Waals surface area contributed by atoms with Crippen LogP contribution < -0.4 is 10.6 Å². The van der Waals surface area contributed by atoms with Crippen LogP contribution in [0.2, 0.25) is 0 Å². The first-order chi connectivity index (χ1) is 9.13. The number of hydrogen-bond donors (Lipinski definition) is 2. The number of unbranched alkanes of at least 4 members (excludes halogenated alkanes) is 1. The summed E-state index contributed by atoms with van der Waals surface area (Å²) in [4.78, 5) is 13.8. The molecule has 1 aromatic rings. The Morgan fingerprint density at radius 1 is 1.26 bits per heavy atom. The molecule has 0 spiro atoms. The molecule has 6 heteroatoms. The molecule has 0 aliphatic rings. The Hall–Kier alpha value is -1.69. The van der Waals surface area contributed by atoms with Gasteiger partial charge in [0.1, 0.15) is 5.82 Å². The van der Waals surface area contributed by atoms with Crippen molar-refractivity contribution in [3.8, 4) is 0 Å². The summed E-state index contributed by atoms with van der Waals surface area (Å²) in [5, 5.41) is 13.9. The van der Waals surface area contributed by atoms with Crippen LogP contribution in [0.5, 0.6) is 0 Å². The summed E-state index contributed by atoms with van der Waals surface area (Å²) in [6, 6.07) is 3.47. The molecule has 0 saturated carbocycles. The first kappa shape index (κ1) is 15.4. The second-order valence-electron chi connectivity index (χ2n) is 4.64. The number of carbonyl (C=O) groups is 1. The van der Waals surface area contributed by atoms with E-state index in [0.29, 0.717) is 18.1 Å². The van der Waals surface area contributed by atoms with Crippen LogP contribution in [0.4, 0.5) is 5.82 Å². The number of carbonyl (C=O) groups excluding carboxylic acids is 1. The van der Waals surface area contributed by atoms with E-state index in [-0.39, 0.29) is 5.91 Å². The van der Waals surface area contributed by atoms with Gasteiger partial charge in [-0.2, -0.15) is 0 Å². The number of hydrogen-bond acceptors (Lipinski definition) is 5. The maximum Gasteiger partial charge on any atom is 0.271 e. The lowest BCUT2D eigenvalue weighted by molar-refractivity contribution is 0.0945. The van der Waals surface area contributed by atoms with E-state index in [1.54, 1.807) is 12.1 Å². The van der Waals surface area contributed by atoms with Crippen molar-refractivity contribution in [2.45, 2.75) is 19.8 Å². The van der Waals surface area contributed by atoms with Gasteiger partial charge >= 0.3 is 0 Å². The highest BCUT2D eigenvalue weighted by Gasteiger charge is 2.07. The average molecular weight is 265 g/mol. The largest absolute Gasteiger partial charge is 0.369 e. The minimum atomic E-state index is -0.186. The minimum absolute atomic E-state index is 0.186. The number of likely N-dealkylation sites (N-methyl/N-ethyl adjacent to an activating group) is 1. The number of anilines is 1. The Balaban J connectivity index is 2.39. The fourth-order valence-corrected chi connectivity index (χ4v) is 1.42. The molecule has 0 bridgehead atoms. The molecular weight excluding hydrogens is 242 g/mol. The van der Waals surface area contributed by atoms with Gasteiger partial charge in [-0.15, -0.1) is 10.2 Å². The Morgan fingerprint density at radius 2 is 2.05 bits per heavy atom. The van der Waals surface area contributed by atoms with Crippen molar-refractivity contribution in [2.75, 3.05) is 39.0 Å². The van der Waals surface area contributed by atoms with E-state index in [1.165, 1.54) is 0 Å². The molecule has 0 atom stereocenters. The lowest BCUT2D eigenvalue weighted by Crippen LogP contribution is -2.31. The number of aromatic nitrogens is 2. The van der Waals surface area contributed by atoms with Crippen LogP contribution >= 0.6 is 0 Å². The summed E-state index contributed by atoms with van der Waals surface area (Å²) < 4.78 is 0. The smallest absolute Gasteiger partial charge is 0.271 e. The predicted molar refractivity (Wildman–Crippen MR) is 76.3 cm³/mol. The van der Waals surface area contributed by atoms with E-state index in [2.05, 4.69) is 27.8 Å². The summed E-state index contributed by atoms with van der Waals surface area (Å²) >= 11 is 0. The maximum absolute atomic E-state index is 11.7. The summed E-state index contributed by atoms with van der Waals surface area (Å²) in [5.41, 5.74) is 0.347. The van der Waals surface area contributed by atoms with Crippen LogP contribution in [-0.4, -0.2) is 54.7 Å². The van der Waals surface area contributed by atoms with Crippen LogP contribution in [0.15, 0.2) is 12.1 Å². The van der Waals surface area contributed by atoms with Crippen molar-refractivity contribution in [3.63, 3.8) is 0 Å². The molecular formula is C13H23N5O. The molecule has 2 N–H and O–H groups in total. The molecule has 1 rings (SSSR count). The van der Waals surface area contributed by atoms with Gasteiger partial charge in [-0.1, -0.05) is 13.3 Å². The highest BCUT2D eigenvalue weighted by Crippen LogP contribution is 2.02. The predicted octanol–water partition coefficient (Wildman–Crippen LogP) is 0.980. The third kappa shape index (κ3) is 6.15. The van der Waals surface area contributed by atoms with E-state index in [9.17, 15) is 4.79 Å². The third-order valence-electron chi connectivity index (χ3n) is 2.58. The monoisotopic (exact) mass is 265 g/mol. The van der Waals surface area contributed by atoms with E-state index < -0.39 is 0 Å². The fraction of sp³-hybridized carbons (Fsp3) is 0.615. The topological polar surface area (TPSA) is 70.2 Å². The second-order valence-corrected chi connectivity index (χ2v) is 4.64. The standard InChI is InChI=1S/C13H23N5O/c1-4-5-8-14-12-7-6-11(16-17-12)13(19)15-9-10-18(2)3/h6-7H,4-5,8-10H2,1-3H3,(H,14,17)(H,15,19). The second kappa shape index (κ2) is 8.42. The number of nitrogens with zero attached hydrogens (tertiary/aromatic N) is 3. The SMILES string of the molecule is CCCCNc1ccc(C(=O)NCCN(C)C)nn1. The average Bonchev–Trinajstić information content (AvgIpc) is 2.39.